The number of aromatic nitrogens is 2. The molecular formula is C11H15ClN4O3. The highest BCUT2D eigenvalue weighted by Crippen LogP contribution is 2.34. The highest BCUT2D eigenvalue weighted by atomic mass is 35.5. The monoisotopic (exact) mass is 286 g/mol. The molecule has 8 heteroatoms. The summed E-state index contributed by atoms with van der Waals surface area (Å²) in [5.74, 6) is 0.253. The molecule has 0 atom stereocenters. The van der Waals surface area contributed by atoms with Gasteiger partial charge in [-0.25, -0.2) is 4.98 Å². The third-order valence-electron chi connectivity index (χ3n) is 3.26. The van der Waals surface area contributed by atoms with Crippen molar-refractivity contribution in [2.45, 2.75) is 31.7 Å². The molecule has 19 heavy (non-hydrogen) atoms. The van der Waals surface area contributed by atoms with Gasteiger partial charge in [-0.3, -0.25) is 10.1 Å². The second kappa shape index (κ2) is 6.12. The SMILES string of the molecule is O=[N+]([O-])c1cnc(Cl)nc1N(CCCO)C1CCC1. The second-order valence-corrected chi connectivity index (χ2v) is 4.80. The molecule has 0 unspecified atom stereocenters. The highest BCUT2D eigenvalue weighted by Gasteiger charge is 2.31. The van der Waals surface area contributed by atoms with Crippen molar-refractivity contribution in [1.29, 1.82) is 0 Å². The Labute approximate surface area is 115 Å². The topological polar surface area (TPSA) is 92.4 Å². The molecule has 1 N–H and O–H groups in total. The number of hydrogen-bond donors (Lipinski definition) is 1. The van der Waals surface area contributed by atoms with Crippen LogP contribution in [0, 0.1) is 10.1 Å². The molecule has 0 saturated heterocycles. The van der Waals surface area contributed by atoms with Crippen LogP contribution in [0.4, 0.5) is 11.5 Å². The summed E-state index contributed by atoms with van der Waals surface area (Å²) in [5.41, 5.74) is -0.144. The summed E-state index contributed by atoms with van der Waals surface area (Å²) in [4.78, 5) is 20.1. The van der Waals surface area contributed by atoms with E-state index in [1.54, 1.807) is 0 Å². The van der Waals surface area contributed by atoms with Crippen LogP contribution in [-0.4, -0.2) is 39.2 Å². The van der Waals surface area contributed by atoms with Crippen molar-refractivity contribution in [2.75, 3.05) is 18.1 Å². The molecular weight excluding hydrogens is 272 g/mol. The fourth-order valence-corrected chi connectivity index (χ4v) is 2.22. The molecule has 1 aromatic rings. The van der Waals surface area contributed by atoms with E-state index < -0.39 is 4.92 Å². The molecule has 1 aromatic heterocycles. The van der Waals surface area contributed by atoms with E-state index in [4.69, 9.17) is 16.7 Å². The molecule has 1 aliphatic rings. The Balaban J connectivity index is 2.33. The lowest BCUT2D eigenvalue weighted by Crippen LogP contribution is -2.42. The molecule has 0 aromatic carbocycles. The van der Waals surface area contributed by atoms with E-state index in [2.05, 4.69) is 9.97 Å². The molecule has 1 aliphatic carbocycles. The molecule has 0 radical (unpaired) electrons. The van der Waals surface area contributed by atoms with Crippen LogP contribution in [0.25, 0.3) is 0 Å². The first-order valence-electron chi connectivity index (χ1n) is 6.18. The number of hydrogen-bond acceptors (Lipinski definition) is 6. The Morgan fingerprint density at radius 2 is 2.32 bits per heavy atom. The van der Waals surface area contributed by atoms with E-state index >= 15 is 0 Å². The van der Waals surface area contributed by atoms with Gasteiger partial charge in [0.15, 0.2) is 0 Å². The molecule has 1 saturated carbocycles. The van der Waals surface area contributed by atoms with Gasteiger partial charge in [-0.05, 0) is 37.3 Å². The average Bonchev–Trinajstić information content (AvgIpc) is 2.31. The van der Waals surface area contributed by atoms with E-state index in [0.717, 1.165) is 25.5 Å². The van der Waals surface area contributed by atoms with Crippen LogP contribution in [-0.2, 0) is 0 Å². The quantitative estimate of drug-likeness (QED) is 0.487. The smallest absolute Gasteiger partial charge is 0.329 e. The minimum Gasteiger partial charge on any atom is -0.396 e. The van der Waals surface area contributed by atoms with Crippen LogP contribution in [0.5, 0.6) is 0 Å². The van der Waals surface area contributed by atoms with Crippen LogP contribution >= 0.6 is 11.6 Å². The zero-order valence-corrected chi connectivity index (χ0v) is 11.1. The molecule has 0 amide bonds. The lowest BCUT2D eigenvalue weighted by atomic mass is 9.91. The predicted molar refractivity (Wildman–Crippen MR) is 70.4 cm³/mol. The highest BCUT2D eigenvalue weighted by molar-refractivity contribution is 6.28. The molecule has 1 heterocycles. The zero-order valence-electron chi connectivity index (χ0n) is 10.3. The van der Waals surface area contributed by atoms with Gasteiger partial charge in [0.1, 0.15) is 6.20 Å². The summed E-state index contributed by atoms with van der Waals surface area (Å²) in [6, 6.07) is 0.233. The van der Waals surface area contributed by atoms with E-state index in [1.807, 2.05) is 4.90 Å². The molecule has 0 bridgehead atoms. The van der Waals surface area contributed by atoms with E-state index in [0.29, 0.717) is 13.0 Å². The summed E-state index contributed by atoms with van der Waals surface area (Å²) >= 11 is 5.74. The van der Waals surface area contributed by atoms with Crippen molar-refractivity contribution in [1.82, 2.24) is 9.97 Å². The van der Waals surface area contributed by atoms with Gasteiger partial charge >= 0.3 is 5.69 Å². The number of nitrogens with zero attached hydrogens (tertiary/aromatic N) is 4. The lowest BCUT2D eigenvalue weighted by molar-refractivity contribution is -0.384. The molecule has 0 spiro atoms. The zero-order chi connectivity index (χ0) is 13.8. The second-order valence-electron chi connectivity index (χ2n) is 4.46. The molecule has 104 valence electrons. The Kier molecular flexibility index (Phi) is 4.49. The van der Waals surface area contributed by atoms with Crippen molar-refractivity contribution < 1.29 is 10.0 Å². The standard InChI is InChI=1S/C11H15ClN4O3/c12-11-13-7-9(16(18)19)10(14-11)15(5-2-6-17)8-3-1-4-8/h7-8,17H,1-6H2. The summed E-state index contributed by atoms with van der Waals surface area (Å²) in [6.45, 7) is 0.561. The van der Waals surface area contributed by atoms with Gasteiger partial charge in [0.2, 0.25) is 11.1 Å². The Bertz CT molecular complexity index is 467. The molecule has 1 fully saturated rings. The minimum atomic E-state index is -0.504. The van der Waals surface area contributed by atoms with Gasteiger partial charge in [0, 0.05) is 19.2 Å². The van der Waals surface area contributed by atoms with Crippen LogP contribution in [0.1, 0.15) is 25.7 Å². The Morgan fingerprint density at radius 1 is 1.58 bits per heavy atom. The first-order valence-corrected chi connectivity index (χ1v) is 6.55. The first-order chi connectivity index (χ1) is 9.13. The third kappa shape index (κ3) is 3.10. The van der Waals surface area contributed by atoms with Gasteiger partial charge < -0.3 is 10.0 Å². The van der Waals surface area contributed by atoms with E-state index in [-0.39, 0.29) is 29.4 Å². The first kappa shape index (κ1) is 14.0. The predicted octanol–water partition coefficient (Wildman–Crippen LogP) is 1.78. The van der Waals surface area contributed by atoms with Crippen LogP contribution in [0.15, 0.2) is 6.20 Å². The maximum Gasteiger partial charge on any atom is 0.329 e. The maximum atomic E-state index is 11.0. The normalized spacial score (nSPS) is 15.1. The van der Waals surface area contributed by atoms with Crippen molar-refractivity contribution in [3.05, 3.63) is 21.6 Å². The van der Waals surface area contributed by atoms with Gasteiger partial charge in [-0.2, -0.15) is 4.98 Å². The summed E-state index contributed by atoms with van der Waals surface area (Å²) < 4.78 is 0. The van der Waals surface area contributed by atoms with Crippen LogP contribution in [0.3, 0.4) is 0 Å². The number of aliphatic hydroxyl groups excluding tert-OH is 1. The fraction of sp³-hybridized carbons (Fsp3) is 0.636. The van der Waals surface area contributed by atoms with Crippen molar-refractivity contribution in [3.63, 3.8) is 0 Å². The third-order valence-corrected chi connectivity index (χ3v) is 3.44. The fourth-order valence-electron chi connectivity index (χ4n) is 2.09. The largest absolute Gasteiger partial charge is 0.396 e. The van der Waals surface area contributed by atoms with Crippen molar-refractivity contribution >= 4 is 23.1 Å². The summed E-state index contributed by atoms with van der Waals surface area (Å²) in [5, 5.41) is 20.0. The molecule has 0 aliphatic heterocycles. The summed E-state index contributed by atoms with van der Waals surface area (Å²) in [6.07, 6.45) is 4.73. The molecule has 2 rings (SSSR count). The number of halogens is 1. The number of nitro groups is 1. The van der Waals surface area contributed by atoms with Gasteiger partial charge in [0.25, 0.3) is 0 Å². The van der Waals surface area contributed by atoms with Crippen LogP contribution in [0.2, 0.25) is 5.28 Å². The van der Waals surface area contributed by atoms with Crippen molar-refractivity contribution in [2.24, 2.45) is 0 Å². The maximum absolute atomic E-state index is 11.0. The van der Waals surface area contributed by atoms with E-state index in [9.17, 15) is 10.1 Å². The Hall–Kier alpha value is -1.47. The van der Waals surface area contributed by atoms with E-state index in [1.165, 1.54) is 0 Å². The molecule has 7 nitrogen and oxygen atoms in total. The van der Waals surface area contributed by atoms with Crippen molar-refractivity contribution in [3.8, 4) is 0 Å². The average molecular weight is 287 g/mol. The van der Waals surface area contributed by atoms with Crippen LogP contribution < -0.4 is 4.90 Å². The van der Waals surface area contributed by atoms with Gasteiger partial charge in [-0.1, -0.05) is 0 Å². The number of rotatable bonds is 6. The number of aliphatic hydroxyl groups is 1. The van der Waals surface area contributed by atoms with Gasteiger partial charge in [-0.15, -0.1) is 0 Å². The summed E-state index contributed by atoms with van der Waals surface area (Å²) in [7, 11) is 0. The van der Waals surface area contributed by atoms with Gasteiger partial charge in [0.05, 0.1) is 4.92 Å². The lowest BCUT2D eigenvalue weighted by Gasteiger charge is -2.37. The number of anilines is 1. The Morgan fingerprint density at radius 3 is 2.84 bits per heavy atom. The minimum absolute atomic E-state index is 0.00563.